The van der Waals surface area contributed by atoms with Crippen LogP contribution in [0.15, 0.2) is 42.5 Å². The molecular weight excluding hydrogens is 286 g/mol. The number of rotatable bonds is 2. The Balaban J connectivity index is 1.85. The largest absolute Gasteiger partial charge is 0.454 e. The number of hydrogen-bond donors (Lipinski definition) is 1. The first-order chi connectivity index (χ1) is 10.2. The second-order valence-corrected chi connectivity index (χ2v) is 5.57. The Morgan fingerprint density at radius 3 is 2.86 bits per heavy atom. The molecule has 2 N–H and O–H groups in total. The van der Waals surface area contributed by atoms with Crippen LogP contribution in [0.3, 0.4) is 0 Å². The van der Waals surface area contributed by atoms with Gasteiger partial charge in [0.15, 0.2) is 0 Å². The highest BCUT2D eigenvalue weighted by Gasteiger charge is 2.24. The van der Waals surface area contributed by atoms with Crippen molar-refractivity contribution in [1.29, 1.82) is 0 Å². The summed E-state index contributed by atoms with van der Waals surface area (Å²) in [7, 11) is 0. The fourth-order valence-corrected chi connectivity index (χ4v) is 2.94. The summed E-state index contributed by atoms with van der Waals surface area (Å²) in [5.41, 5.74) is 8.78. The molecule has 0 heterocycles. The zero-order valence-corrected chi connectivity index (χ0v) is 12.3. The number of esters is 1. The third kappa shape index (κ3) is 2.74. The quantitative estimate of drug-likeness (QED) is 0.669. The van der Waals surface area contributed by atoms with Crippen molar-refractivity contribution in [2.75, 3.05) is 5.73 Å². The molecule has 0 amide bonds. The molecule has 0 radical (unpaired) electrons. The van der Waals surface area contributed by atoms with Crippen LogP contribution in [0.4, 0.5) is 5.69 Å². The molecule has 0 spiro atoms. The van der Waals surface area contributed by atoms with Gasteiger partial charge in [-0.05, 0) is 42.5 Å². The lowest BCUT2D eigenvalue weighted by atomic mass is 9.89. The van der Waals surface area contributed by atoms with Gasteiger partial charge < -0.3 is 10.5 Å². The number of carbonyl (C=O) groups excluding carboxylic acids is 1. The molecule has 4 heteroatoms. The lowest BCUT2D eigenvalue weighted by Crippen LogP contribution is -2.17. The van der Waals surface area contributed by atoms with E-state index in [1.807, 2.05) is 18.2 Å². The summed E-state index contributed by atoms with van der Waals surface area (Å²) >= 11 is 6.08. The number of benzene rings is 2. The summed E-state index contributed by atoms with van der Waals surface area (Å²) in [5, 5.41) is 0.256. The van der Waals surface area contributed by atoms with Crippen LogP contribution in [-0.4, -0.2) is 5.97 Å². The highest BCUT2D eigenvalue weighted by atomic mass is 35.5. The molecule has 3 nitrogen and oxygen atoms in total. The second-order valence-electron chi connectivity index (χ2n) is 5.19. The topological polar surface area (TPSA) is 52.3 Å². The molecule has 0 fully saturated rings. The Morgan fingerprint density at radius 2 is 2.00 bits per heavy atom. The van der Waals surface area contributed by atoms with Gasteiger partial charge in [0.25, 0.3) is 0 Å². The third-order valence-electron chi connectivity index (χ3n) is 3.81. The minimum Gasteiger partial charge on any atom is -0.454 e. The lowest BCUT2D eigenvalue weighted by molar-refractivity contribution is 0.0257. The van der Waals surface area contributed by atoms with E-state index in [1.54, 1.807) is 18.2 Å². The number of carbonyl (C=O) groups is 1. The molecule has 0 aromatic heterocycles. The van der Waals surface area contributed by atoms with Gasteiger partial charge in [-0.15, -0.1) is 0 Å². The molecule has 1 aliphatic carbocycles. The summed E-state index contributed by atoms with van der Waals surface area (Å²) < 4.78 is 5.66. The molecule has 2 aromatic carbocycles. The highest BCUT2D eigenvalue weighted by molar-refractivity contribution is 6.36. The number of nitrogens with two attached hydrogens (primary N) is 1. The Hall–Kier alpha value is -2.00. The molecular formula is C17H16ClNO2. The lowest BCUT2D eigenvalue weighted by Gasteiger charge is -2.25. The van der Waals surface area contributed by atoms with Crippen molar-refractivity contribution in [3.8, 4) is 0 Å². The van der Waals surface area contributed by atoms with E-state index in [2.05, 4.69) is 6.07 Å². The van der Waals surface area contributed by atoms with Crippen LogP contribution in [0.5, 0.6) is 0 Å². The number of fused-ring (bicyclic) bond motifs is 1. The van der Waals surface area contributed by atoms with Gasteiger partial charge in [0.2, 0.25) is 0 Å². The molecule has 21 heavy (non-hydrogen) atoms. The zero-order valence-electron chi connectivity index (χ0n) is 11.5. The molecule has 0 bridgehead atoms. The first-order valence-corrected chi connectivity index (χ1v) is 7.37. The fraction of sp³-hybridized carbons (Fsp3) is 0.235. The van der Waals surface area contributed by atoms with Crippen molar-refractivity contribution >= 4 is 23.3 Å². The molecule has 0 saturated heterocycles. The van der Waals surface area contributed by atoms with Crippen LogP contribution in [0.1, 0.15) is 40.4 Å². The average Bonchev–Trinajstić information content (AvgIpc) is 2.50. The Bertz CT molecular complexity index is 684. The predicted molar refractivity (Wildman–Crippen MR) is 83.4 cm³/mol. The number of hydrogen-bond acceptors (Lipinski definition) is 3. The van der Waals surface area contributed by atoms with Gasteiger partial charge in [-0.1, -0.05) is 41.9 Å². The Morgan fingerprint density at radius 1 is 1.19 bits per heavy atom. The monoisotopic (exact) mass is 301 g/mol. The minimum atomic E-state index is -0.422. The normalized spacial score (nSPS) is 17.1. The molecule has 1 aliphatic rings. The number of ether oxygens (including phenoxy) is 1. The van der Waals surface area contributed by atoms with E-state index < -0.39 is 5.97 Å². The van der Waals surface area contributed by atoms with E-state index in [9.17, 15) is 4.79 Å². The van der Waals surface area contributed by atoms with Crippen LogP contribution >= 0.6 is 11.6 Å². The van der Waals surface area contributed by atoms with Gasteiger partial charge in [-0.3, -0.25) is 0 Å². The smallest absolute Gasteiger partial charge is 0.340 e. The third-order valence-corrected chi connectivity index (χ3v) is 4.23. The van der Waals surface area contributed by atoms with Crippen molar-refractivity contribution in [3.05, 3.63) is 64.2 Å². The van der Waals surface area contributed by atoms with E-state index in [1.165, 1.54) is 5.56 Å². The molecule has 108 valence electrons. The standard InChI is InChI=1S/C17H16ClNO2/c18-16-13(8-4-9-14(16)19)17(20)21-15-10-3-6-11-5-1-2-7-12(11)15/h1-2,4-5,7-9,15H,3,6,10,19H2. The number of halogens is 1. The van der Waals surface area contributed by atoms with Gasteiger partial charge in [0, 0.05) is 0 Å². The van der Waals surface area contributed by atoms with Crippen LogP contribution in [0, 0.1) is 0 Å². The number of aryl methyl sites for hydroxylation is 1. The van der Waals surface area contributed by atoms with E-state index in [0.29, 0.717) is 11.3 Å². The summed E-state index contributed by atoms with van der Waals surface area (Å²) in [6, 6.07) is 13.1. The van der Waals surface area contributed by atoms with Crippen molar-refractivity contribution < 1.29 is 9.53 Å². The Kier molecular flexibility index (Phi) is 3.84. The number of nitrogen functional groups attached to an aromatic ring is 1. The van der Waals surface area contributed by atoms with Crippen molar-refractivity contribution in [2.45, 2.75) is 25.4 Å². The highest BCUT2D eigenvalue weighted by Crippen LogP contribution is 2.34. The molecule has 1 unspecified atom stereocenters. The van der Waals surface area contributed by atoms with E-state index in [0.717, 1.165) is 24.8 Å². The van der Waals surface area contributed by atoms with Crippen molar-refractivity contribution in [3.63, 3.8) is 0 Å². The molecule has 0 aliphatic heterocycles. The molecule has 3 rings (SSSR count). The maximum atomic E-state index is 12.3. The maximum Gasteiger partial charge on any atom is 0.340 e. The van der Waals surface area contributed by atoms with E-state index >= 15 is 0 Å². The van der Waals surface area contributed by atoms with Crippen LogP contribution < -0.4 is 5.73 Å². The minimum absolute atomic E-state index is 0.208. The average molecular weight is 302 g/mol. The summed E-state index contributed by atoms with van der Waals surface area (Å²) in [5.74, 6) is -0.422. The Labute approximate surface area is 128 Å². The van der Waals surface area contributed by atoms with E-state index in [-0.39, 0.29) is 11.1 Å². The first-order valence-electron chi connectivity index (χ1n) is 6.99. The zero-order chi connectivity index (χ0) is 14.8. The van der Waals surface area contributed by atoms with E-state index in [4.69, 9.17) is 22.1 Å². The van der Waals surface area contributed by atoms with Crippen molar-refractivity contribution in [2.24, 2.45) is 0 Å². The predicted octanol–water partition coefficient (Wildman–Crippen LogP) is 4.16. The summed E-state index contributed by atoms with van der Waals surface area (Å²) in [6.45, 7) is 0. The van der Waals surface area contributed by atoms with Crippen molar-refractivity contribution in [1.82, 2.24) is 0 Å². The summed E-state index contributed by atoms with van der Waals surface area (Å²) in [6.07, 6.45) is 2.67. The van der Waals surface area contributed by atoms with Gasteiger partial charge >= 0.3 is 5.97 Å². The molecule has 0 saturated carbocycles. The molecule has 1 atom stereocenters. The summed E-state index contributed by atoms with van der Waals surface area (Å²) in [4.78, 5) is 12.3. The second kappa shape index (κ2) is 5.78. The number of anilines is 1. The maximum absolute atomic E-state index is 12.3. The fourth-order valence-electron chi connectivity index (χ4n) is 2.73. The van der Waals surface area contributed by atoms with Gasteiger partial charge in [-0.2, -0.15) is 0 Å². The van der Waals surface area contributed by atoms with Crippen LogP contribution in [-0.2, 0) is 11.2 Å². The first kappa shape index (κ1) is 14.0. The SMILES string of the molecule is Nc1cccc(C(=O)OC2CCCc3ccccc32)c1Cl. The van der Waals surface area contributed by atoms with Gasteiger partial charge in [0.1, 0.15) is 6.10 Å². The van der Waals surface area contributed by atoms with Crippen LogP contribution in [0.25, 0.3) is 0 Å². The van der Waals surface area contributed by atoms with Crippen LogP contribution in [0.2, 0.25) is 5.02 Å². The molecule has 2 aromatic rings. The van der Waals surface area contributed by atoms with Gasteiger partial charge in [0.05, 0.1) is 16.3 Å². The van der Waals surface area contributed by atoms with Gasteiger partial charge in [-0.25, -0.2) is 4.79 Å².